The molecule has 0 radical (unpaired) electrons. The highest BCUT2D eigenvalue weighted by molar-refractivity contribution is 7.13. The third kappa shape index (κ3) is 2.50. The number of nitrogens with zero attached hydrogens (tertiary/aromatic N) is 2. The summed E-state index contributed by atoms with van der Waals surface area (Å²) in [5.41, 5.74) is 0. The summed E-state index contributed by atoms with van der Waals surface area (Å²) in [6, 6.07) is 0. The number of Topliss-reactive ketones (excluding diaryl/α,β-unsaturated/α-hetero) is 1. The fourth-order valence-corrected chi connectivity index (χ4v) is 3.12. The molecule has 0 spiro atoms. The predicted octanol–water partition coefficient (Wildman–Crippen LogP) is 2.55. The van der Waals surface area contributed by atoms with E-state index in [1.165, 1.54) is 12.8 Å². The van der Waals surface area contributed by atoms with Crippen molar-refractivity contribution in [2.45, 2.75) is 32.6 Å². The van der Waals surface area contributed by atoms with Gasteiger partial charge in [0.25, 0.3) is 0 Å². The third-order valence-electron chi connectivity index (χ3n) is 3.25. The minimum atomic E-state index is 0.134. The van der Waals surface area contributed by atoms with Gasteiger partial charge < -0.3 is 4.90 Å². The lowest BCUT2D eigenvalue weighted by Crippen LogP contribution is -2.32. The summed E-state index contributed by atoms with van der Waals surface area (Å²) in [7, 11) is 0. The Morgan fingerprint density at radius 2 is 2.25 bits per heavy atom. The molecule has 2 heterocycles. The average molecular weight is 238 g/mol. The molecule has 1 aliphatic rings. The first kappa shape index (κ1) is 11.7. The predicted molar refractivity (Wildman–Crippen MR) is 66.2 cm³/mol. The number of carbonyl (C=O) groups is 1. The first-order chi connectivity index (χ1) is 7.70. The molecule has 16 heavy (non-hydrogen) atoms. The number of thiazole rings is 1. The summed E-state index contributed by atoms with van der Waals surface area (Å²) in [6.07, 6.45) is 4.09. The lowest BCUT2D eigenvalue weighted by atomic mass is 9.98. The van der Waals surface area contributed by atoms with Crippen molar-refractivity contribution < 1.29 is 4.79 Å². The molecule has 1 aromatic heterocycles. The second-order valence-corrected chi connectivity index (χ2v) is 5.39. The van der Waals surface area contributed by atoms with E-state index in [2.05, 4.69) is 16.8 Å². The van der Waals surface area contributed by atoms with E-state index >= 15 is 0 Å². The van der Waals surface area contributed by atoms with Crippen LogP contribution in [0.15, 0.2) is 6.20 Å². The minimum Gasteiger partial charge on any atom is -0.304 e. The van der Waals surface area contributed by atoms with Crippen LogP contribution < -0.4 is 0 Å². The summed E-state index contributed by atoms with van der Waals surface area (Å²) < 4.78 is 0. The largest absolute Gasteiger partial charge is 0.304 e. The Morgan fingerprint density at radius 3 is 2.75 bits per heavy atom. The molecule has 1 aliphatic heterocycles. The van der Waals surface area contributed by atoms with E-state index < -0.39 is 0 Å². The van der Waals surface area contributed by atoms with Crippen molar-refractivity contribution in [1.82, 2.24) is 9.88 Å². The van der Waals surface area contributed by atoms with Crippen LogP contribution in [0.2, 0.25) is 0 Å². The van der Waals surface area contributed by atoms with Gasteiger partial charge in [0.15, 0.2) is 5.78 Å². The summed E-state index contributed by atoms with van der Waals surface area (Å²) in [4.78, 5) is 18.9. The van der Waals surface area contributed by atoms with Gasteiger partial charge in [0.1, 0.15) is 0 Å². The van der Waals surface area contributed by atoms with Gasteiger partial charge in [-0.15, -0.1) is 11.3 Å². The first-order valence-electron chi connectivity index (χ1n) is 5.89. The SMILES string of the molecule is CCN1CCC(c2ncc(C(C)=O)s2)CC1. The van der Waals surface area contributed by atoms with Crippen LogP contribution in [-0.2, 0) is 0 Å². The van der Waals surface area contributed by atoms with Gasteiger partial charge in [0.05, 0.1) is 9.88 Å². The van der Waals surface area contributed by atoms with E-state index in [9.17, 15) is 4.79 Å². The highest BCUT2D eigenvalue weighted by atomic mass is 32.1. The highest BCUT2D eigenvalue weighted by Gasteiger charge is 2.22. The Bertz CT molecular complexity index is 367. The molecule has 1 saturated heterocycles. The van der Waals surface area contributed by atoms with Crippen LogP contribution in [0.1, 0.15) is 47.3 Å². The van der Waals surface area contributed by atoms with E-state index in [0.29, 0.717) is 5.92 Å². The molecule has 88 valence electrons. The van der Waals surface area contributed by atoms with Crippen molar-refractivity contribution in [1.29, 1.82) is 0 Å². The normalized spacial score (nSPS) is 18.9. The van der Waals surface area contributed by atoms with Crippen molar-refractivity contribution >= 4 is 17.1 Å². The summed E-state index contributed by atoms with van der Waals surface area (Å²) in [5, 5.41) is 1.15. The maximum atomic E-state index is 11.2. The number of hydrogen-bond acceptors (Lipinski definition) is 4. The molecule has 0 N–H and O–H groups in total. The molecule has 4 heteroatoms. The Morgan fingerprint density at radius 1 is 1.56 bits per heavy atom. The first-order valence-corrected chi connectivity index (χ1v) is 6.71. The van der Waals surface area contributed by atoms with Crippen LogP contribution in [0.25, 0.3) is 0 Å². The molecule has 0 atom stereocenters. The highest BCUT2D eigenvalue weighted by Crippen LogP contribution is 2.30. The Hall–Kier alpha value is -0.740. The maximum absolute atomic E-state index is 11.2. The van der Waals surface area contributed by atoms with Gasteiger partial charge in [0.2, 0.25) is 0 Å². The fraction of sp³-hybridized carbons (Fsp3) is 0.667. The number of aromatic nitrogens is 1. The zero-order valence-electron chi connectivity index (χ0n) is 9.90. The monoisotopic (exact) mass is 238 g/mol. The summed E-state index contributed by atoms with van der Waals surface area (Å²) >= 11 is 1.58. The lowest BCUT2D eigenvalue weighted by molar-refractivity contribution is 0.102. The average Bonchev–Trinajstić information content (AvgIpc) is 2.78. The number of ketones is 1. The van der Waals surface area contributed by atoms with Crippen molar-refractivity contribution in [2.75, 3.05) is 19.6 Å². The summed E-state index contributed by atoms with van der Waals surface area (Å²) in [5.74, 6) is 0.704. The third-order valence-corrected chi connectivity index (χ3v) is 4.52. The van der Waals surface area contributed by atoms with Gasteiger partial charge in [-0.3, -0.25) is 4.79 Å². The molecule has 0 aromatic carbocycles. The van der Waals surface area contributed by atoms with Crippen LogP contribution in [0.5, 0.6) is 0 Å². The van der Waals surface area contributed by atoms with Crippen molar-refractivity contribution in [3.05, 3.63) is 16.1 Å². The molecule has 0 unspecified atom stereocenters. The number of rotatable bonds is 3. The number of likely N-dealkylation sites (tertiary alicyclic amines) is 1. The van der Waals surface area contributed by atoms with Gasteiger partial charge in [0, 0.05) is 19.0 Å². The molecule has 0 aliphatic carbocycles. The van der Waals surface area contributed by atoms with E-state index in [-0.39, 0.29) is 5.78 Å². The van der Waals surface area contributed by atoms with E-state index in [1.54, 1.807) is 24.5 Å². The quantitative estimate of drug-likeness (QED) is 0.759. The van der Waals surface area contributed by atoms with Gasteiger partial charge in [-0.1, -0.05) is 6.92 Å². The van der Waals surface area contributed by atoms with Gasteiger partial charge in [-0.25, -0.2) is 4.98 Å². The van der Waals surface area contributed by atoms with Crippen LogP contribution in [-0.4, -0.2) is 35.3 Å². The molecule has 0 saturated carbocycles. The standard InChI is InChI=1S/C12H18N2OS/c1-3-14-6-4-10(5-7-14)12-13-8-11(16-12)9(2)15/h8,10H,3-7H2,1-2H3. The Labute approximate surface area is 100 Å². The van der Waals surface area contributed by atoms with Gasteiger partial charge in [-0.2, -0.15) is 0 Å². The smallest absolute Gasteiger partial charge is 0.171 e. The zero-order chi connectivity index (χ0) is 11.5. The topological polar surface area (TPSA) is 33.2 Å². The lowest BCUT2D eigenvalue weighted by Gasteiger charge is -2.29. The van der Waals surface area contributed by atoms with Crippen molar-refractivity contribution in [3.8, 4) is 0 Å². The molecular formula is C12H18N2OS. The summed E-state index contributed by atoms with van der Waals surface area (Å²) in [6.45, 7) is 7.28. The minimum absolute atomic E-state index is 0.134. The number of hydrogen-bond donors (Lipinski definition) is 0. The number of piperidine rings is 1. The van der Waals surface area contributed by atoms with E-state index in [0.717, 1.165) is 29.5 Å². The zero-order valence-corrected chi connectivity index (χ0v) is 10.7. The molecule has 2 rings (SSSR count). The fourth-order valence-electron chi connectivity index (χ4n) is 2.14. The number of carbonyl (C=O) groups excluding carboxylic acids is 1. The van der Waals surface area contributed by atoms with Crippen LogP contribution in [0.3, 0.4) is 0 Å². The Kier molecular flexibility index (Phi) is 3.71. The molecule has 1 aromatic rings. The molecular weight excluding hydrogens is 220 g/mol. The molecule has 0 amide bonds. The Balaban J connectivity index is 2.00. The van der Waals surface area contributed by atoms with Crippen LogP contribution in [0, 0.1) is 0 Å². The molecule has 0 bridgehead atoms. The van der Waals surface area contributed by atoms with Crippen molar-refractivity contribution in [2.24, 2.45) is 0 Å². The van der Waals surface area contributed by atoms with Gasteiger partial charge in [-0.05, 0) is 32.5 Å². The van der Waals surface area contributed by atoms with Gasteiger partial charge >= 0.3 is 0 Å². The second-order valence-electron chi connectivity index (χ2n) is 4.33. The van der Waals surface area contributed by atoms with E-state index in [4.69, 9.17) is 0 Å². The molecule has 3 nitrogen and oxygen atoms in total. The van der Waals surface area contributed by atoms with Crippen LogP contribution in [0.4, 0.5) is 0 Å². The molecule has 1 fully saturated rings. The maximum Gasteiger partial charge on any atom is 0.171 e. The van der Waals surface area contributed by atoms with E-state index in [1.807, 2.05) is 0 Å². The van der Waals surface area contributed by atoms with Crippen LogP contribution >= 0.6 is 11.3 Å². The second kappa shape index (κ2) is 5.06. The van der Waals surface area contributed by atoms with Crippen molar-refractivity contribution in [3.63, 3.8) is 0 Å².